The fourth-order valence-corrected chi connectivity index (χ4v) is 7.72. The molecule has 1 aromatic carbocycles. The lowest BCUT2D eigenvalue weighted by molar-refractivity contribution is -0.135. The van der Waals surface area contributed by atoms with Crippen LogP contribution in [0.5, 0.6) is 0 Å². The van der Waals surface area contributed by atoms with Gasteiger partial charge in [-0.25, -0.2) is 13.2 Å². The largest absolute Gasteiger partial charge is 0.465 e. The van der Waals surface area contributed by atoms with E-state index in [-0.39, 0.29) is 21.3 Å². The van der Waals surface area contributed by atoms with E-state index in [1.807, 2.05) is 12.2 Å². The maximum atomic E-state index is 13.8. The van der Waals surface area contributed by atoms with Gasteiger partial charge in [-0.05, 0) is 98.6 Å². The van der Waals surface area contributed by atoms with Gasteiger partial charge in [-0.3, -0.25) is 0 Å². The molecule has 0 saturated heterocycles. The summed E-state index contributed by atoms with van der Waals surface area (Å²) in [5.74, 6) is -0.631. The Labute approximate surface area is 241 Å². The molecule has 3 rings (SSSR count). The number of ether oxygens (including phenoxy) is 1. The van der Waals surface area contributed by atoms with Gasteiger partial charge in [0.1, 0.15) is 5.25 Å². The summed E-state index contributed by atoms with van der Waals surface area (Å²) in [6.07, 6.45) is 13.1. The van der Waals surface area contributed by atoms with Gasteiger partial charge in [-0.1, -0.05) is 75.3 Å². The average molecular weight is 567 g/mol. The summed E-state index contributed by atoms with van der Waals surface area (Å²) in [6.45, 7) is 12.9. The number of hydrogen-bond donors (Lipinski definition) is 1. The van der Waals surface area contributed by atoms with Gasteiger partial charge in [0.25, 0.3) is 0 Å². The highest BCUT2D eigenvalue weighted by molar-refractivity contribution is 7.92. The van der Waals surface area contributed by atoms with E-state index in [0.717, 1.165) is 49.7 Å². The van der Waals surface area contributed by atoms with Crippen molar-refractivity contribution in [1.29, 1.82) is 0 Å². The number of carbonyl (C=O) groups is 1. The number of benzene rings is 1. The molecule has 2 aliphatic rings. The van der Waals surface area contributed by atoms with Crippen molar-refractivity contribution in [2.24, 2.45) is 10.8 Å². The number of hydrogen-bond acceptors (Lipinski definition) is 5. The standard InChI is InChI=1S/C34H46O5S/c1-24-13-11-21-33(3,4)28(24)18-17-26(32(36)39-7)23-30(35)31(40(37,38)27-15-9-8-10-16-27)20-19-29-25(2)14-12-22-34(29,5)6/h8-10,15-20,23,30-31,35H,11-14,21-22H2,1-7H3/b18-17+,20-19+,26-23-. The van der Waals surface area contributed by atoms with Crippen molar-refractivity contribution in [3.05, 3.63) is 88.6 Å². The molecule has 0 fully saturated rings. The number of sulfone groups is 1. The Morgan fingerprint density at radius 2 is 1.45 bits per heavy atom. The summed E-state index contributed by atoms with van der Waals surface area (Å²) < 4.78 is 32.7. The van der Waals surface area contributed by atoms with E-state index < -0.39 is 27.2 Å². The van der Waals surface area contributed by atoms with Gasteiger partial charge < -0.3 is 9.84 Å². The van der Waals surface area contributed by atoms with Crippen LogP contribution in [0, 0.1) is 10.8 Å². The zero-order chi connectivity index (χ0) is 29.7. The summed E-state index contributed by atoms with van der Waals surface area (Å²) in [7, 11) is -2.70. The number of carbonyl (C=O) groups excluding carboxylic acids is 1. The minimum absolute atomic E-state index is 0.0427. The number of aliphatic hydroxyl groups is 1. The second kappa shape index (κ2) is 12.9. The Morgan fingerprint density at radius 3 is 1.95 bits per heavy atom. The number of methoxy groups -OCH3 is 1. The molecule has 2 atom stereocenters. The molecule has 0 spiro atoms. The van der Waals surface area contributed by atoms with Gasteiger partial charge in [0.15, 0.2) is 9.84 Å². The number of esters is 1. The van der Waals surface area contributed by atoms with E-state index >= 15 is 0 Å². The van der Waals surface area contributed by atoms with E-state index in [0.29, 0.717) is 0 Å². The monoisotopic (exact) mass is 566 g/mol. The van der Waals surface area contributed by atoms with Gasteiger partial charge >= 0.3 is 5.97 Å². The van der Waals surface area contributed by atoms with Crippen molar-refractivity contribution in [2.45, 2.75) is 96.3 Å². The van der Waals surface area contributed by atoms with Crippen LogP contribution in [-0.4, -0.2) is 38.0 Å². The number of rotatable bonds is 9. The first-order valence-corrected chi connectivity index (χ1v) is 15.8. The first-order chi connectivity index (χ1) is 18.7. The zero-order valence-electron chi connectivity index (χ0n) is 25.2. The molecule has 0 aliphatic heterocycles. The highest BCUT2D eigenvalue weighted by Gasteiger charge is 2.33. The fourth-order valence-electron chi connectivity index (χ4n) is 6.14. The van der Waals surface area contributed by atoms with Gasteiger partial charge in [0, 0.05) is 0 Å². The van der Waals surface area contributed by atoms with Gasteiger partial charge in [0.05, 0.1) is 23.7 Å². The van der Waals surface area contributed by atoms with E-state index in [4.69, 9.17) is 4.74 Å². The van der Waals surface area contributed by atoms with Crippen LogP contribution in [-0.2, 0) is 19.4 Å². The lowest BCUT2D eigenvalue weighted by Crippen LogP contribution is -2.32. The number of aliphatic hydroxyl groups excluding tert-OH is 1. The van der Waals surface area contributed by atoms with Crippen LogP contribution in [0.3, 0.4) is 0 Å². The minimum Gasteiger partial charge on any atom is -0.465 e. The molecule has 6 heteroatoms. The summed E-state index contributed by atoms with van der Waals surface area (Å²) in [4.78, 5) is 12.9. The molecular formula is C34H46O5S. The molecule has 0 aromatic heterocycles. The molecule has 0 heterocycles. The molecule has 0 radical (unpaired) electrons. The Bertz CT molecular complexity index is 1340. The van der Waals surface area contributed by atoms with Gasteiger partial charge in [-0.15, -0.1) is 0 Å². The Morgan fingerprint density at radius 1 is 0.925 bits per heavy atom. The smallest absolute Gasteiger partial charge is 0.337 e. The molecule has 218 valence electrons. The van der Waals surface area contributed by atoms with E-state index in [1.165, 1.54) is 36.5 Å². The quantitative estimate of drug-likeness (QED) is 0.191. The SMILES string of the molecule is COC(=O)C(=C\C(O)C(/C=C/C1=C(C)CCCC1(C)C)S(=O)(=O)c1ccccc1)/C=C/C1=C(C)CCCC1(C)C. The van der Waals surface area contributed by atoms with Crippen LogP contribution in [0.15, 0.2) is 93.5 Å². The summed E-state index contributed by atoms with van der Waals surface area (Å²) in [5.41, 5.74) is 4.72. The molecule has 0 bridgehead atoms. The third-order valence-electron chi connectivity index (χ3n) is 8.51. The zero-order valence-corrected chi connectivity index (χ0v) is 26.0. The fraction of sp³-hybridized carbons (Fsp3) is 0.500. The predicted octanol–water partition coefficient (Wildman–Crippen LogP) is 7.45. The predicted molar refractivity (Wildman–Crippen MR) is 162 cm³/mol. The maximum absolute atomic E-state index is 13.8. The average Bonchev–Trinajstić information content (AvgIpc) is 2.88. The second-order valence-electron chi connectivity index (χ2n) is 12.5. The first-order valence-electron chi connectivity index (χ1n) is 14.2. The topological polar surface area (TPSA) is 80.7 Å². The molecule has 40 heavy (non-hydrogen) atoms. The van der Waals surface area contributed by atoms with Crippen molar-refractivity contribution in [2.75, 3.05) is 7.11 Å². The Balaban J connectivity index is 2.09. The maximum Gasteiger partial charge on any atom is 0.337 e. The molecule has 2 aliphatic carbocycles. The third kappa shape index (κ3) is 7.32. The summed E-state index contributed by atoms with van der Waals surface area (Å²) in [5, 5.41) is 10.2. The lowest BCUT2D eigenvalue weighted by atomic mass is 9.72. The second-order valence-corrected chi connectivity index (χ2v) is 14.6. The van der Waals surface area contributed by atoms with Crippen molar-refractivity contribution in [1.82, 2.24) is 0 Å². The van der Waals surface area contributed by atoms with E-state index in [2.05, 4.69) is 41.5 Å². The van der Waals surface area contributed by atoms with Crippen molar-refractivity contribution in [3.8, 4) is 0 Å². The molecule has 5 nitrogen and oxygen atoms in total. The summed E-state index contributed by atoms with van der Waals surface area (Å²) >= 11 is 0. The molecule has 1 aromatic rings. The number of allylic oxidation sites excluding steroid dienone is 6. The van der Waals surface area contributed by atoms with Gasteiger partial charge in [0.2, 0.25) is 0 Å². The minimum atomic E-state index is -3.99. The van der Waals surface area contributed by atoms with E-state index in [1.54, 1.807) is 30.4 Å². The van der Waals surface area contributed by atoms with Crippen LogP contribution in [0.25, 0.3) is 0 Å². The van der Waals surface area contributed by atoms with Crippen LogP contribution >= 0.6 is 0 Å². The molecule has 2 unspecified atom stereocenters. The molecule has 0 saturated carbocycles. The van der Waals surface area contributed by atoms with Gasteiger partial charge in [-0.2, -0.15) is 0 Å². The van der Waals surface area contributed by atoms with Crippen LogP contribution in [0.4, 0.5) is 0 Å². The van der Waals surface area contributed by atoms with Crippen molar-refractivity contribution >= 4 is 15.8 Å². The summed E-state index contributed by atoms with van der Waals surface area (Å²) in [6, 6.07) is 8.14. The third-order valence-corrected chi connectivity index (χ3v) is 10.6. The van der Waals surface area contributed by atoms with Crippen LogP contribution in [0.1, 0.15) is 80.1 Å². The highest BCUT2D eigenvalue weighted by atomic mass is 32.2. The highest BCUT2D eigenvalue weighted by Crippen LogP contribution is 2.42. The Kier molecular flexibility index (Phi) is 10.2. The normalized spacial score (nSPS) is 21.6. The van der Waals surface area contributed by atoms with Crippen LogP contribution in [0.2, 0.25) is 0 Å². The van der Waals surface area contributed by atoms with Crippen LogP contribution < -0.4 is 0 Å². The van der Waals surface area contributed by atoms with Crippen molar-refractivity contribution in [3.63, 3.8) is 0 Å². The van der Waals surface area contributed by atoms with Crippen molar-refractivity contribution < 1.29 is 23.1 Å². The molecule has 0 amide bonds. The molecule has 1 N–H and O–H groups in total. The van der Waals surface area contributed by atoms with E-state index in [9.17, 15) is 18.3 Å². The lowest BCUT2D eigenvalue weighted by Gasteiger charge is -2.33. The first kappa shape index (κ1) is 31.8. The Hall–Kier alpha value is -2.70. The molecular weight excluding hydrogens is 520 g/mol.